The van der Waals surface area contributed by atoms with Crippen LogP contribution < -0.4 is 10.1 Å². The van der Waals surface area contributed by atoms with Crippen LogP contribution in [0.15, 0.2) is 18.2 Å². The molecule has 0 saturated carbocycles. The highest BCUT2D eigenvalue weighted by atomic mass is 19.3. The Morgan fingerprint density at radius 2 is 2.16 bits per heavy atom. The number of alkyl halides is 2. The fourth-order valence-electron chi connectivity index (χ4n) is 2.96. The summed E-state index contributed by atoms with van der Waals surface area (Å²) in [5, 5.41) is 3.07. The normalized spacial score (nSPS) is 23.6. The van der Waals surface area contributed by atoms with Crippen LogP contribution >= 0.6 is 0 Å². The van der Waals surface area contributed by atoms with Crippen LogP contribution in [0.4, 0.5) is 8.78 Å². The van der Waals surface area contributed by atoms with Gasteiger partial charge in [-0.15, -0.1) is 0 Å². The molecule has 1 saturated heterocycles. The van der Waals surface area contributed by atoms with Gasteiger partial charge in [0, 0.05) is 18.0 Å². The van der Waals surface area contributed by atoms with Gasteiger partial charge in [-0.05, 0) is 56.0 Å². The average Bonchev–Trinajstić information content (AvgIpc) is 2.47. The molecule has 1 fully saturated rings. The summed E-state index contributed by atoms with van der Waals surface area (Å²) in [5.74, 6) is -2.57. The van der Waals surface area contributed by atoms with E-state index < -0.39 is 11.8 Å². The smallest absolute Gasteiger partial charge is 0.277 e. The minimum Gasteiger partial charge on any atom is -0.493 e. The van der Waals surface area contributed by atoms with Gasteiger partial charge in [-0.3, -0.25) is 0 Å². The molecule has 19 heavy (non-hydrogen) atoms. The number of hydrogen-bond acceptors (Lipinski definition) is 2. The summed E-state index contributed by atoms with van der Waals surface area (Å²) in [6.07, 6.45) is 3.16. The van der Waals surface area contributed by atoms with Gasteiger partial charge >= 0.3 is 0 Å². The van der Waals surface area contributed by atoms with Gasteiger partial charge in [-0.1, -0.05) is 0 Å². The molecule has 2 nitrogen and oxygen atoms in total. The highest BCUT2D eigenvalue weighted by molar-refractivity contribution is 5.40. The summed E-state index contributed by atoms with van der Waals surface area (Å²) in [4.78, 5) is 0. The van der Waals surface area contributed by atoms with E-state index in [0.29, 0.717) is 19.6 Å². The molecule has 1 aromatic rings. The van der Waals surface area contributed by atoms with E-state index in [0.717, 1.165) is 37.1 Å². The summed E-state index contributed by atoms with van der Waals surface area (Å²) in [5.41, 5.74) is 1.07. The molecule has 3 rings (SSSR count). The van der Waals surface area contributed by atoms with Crippen molar-refractivity contribution in [3.8, 4) is 5.75 Å². The number of fused-ring (bicyclic) bond motifs is 1. The summed E-state index contributed by atoms with van der Waals surface area (Å²) in [6, 6.07) is 4.87. The van der Waals surface area contributed by atoms with Gasteiger partial charge in [-0.2, -0.15) is 0 Å². The van der Waals surface area contributed by atoms with Crippen molar-refractivity contribution in [1.82, 2.24) is 5.32 Å². The molecule has 1 unspecified atom stereocenters. The molecule has 0 amide bonds. The topological polar surface area (TPSA) is 21.3 Å². The number of halogens is 2. The molecule has 0 spiro atoms. The number of ether oxygens (including phenoxy) is 1. The Morgan fingerprint density at radius 3 is 2.95 bits per heavy atom. The Balaban J connectivity index is 1.87. The maximum Gasteiger partial charge on any atom is 0.277 e. The van der Waals surface area contributed by atoms with E-state index in [1.165, 1.54) is 6.07 Å². The first kappa shape index (κ1) is 12.9. The van der Waals surface area contributed by atoms with Crippen molar-refractivity contribution in [2.45, 2.75) is 31.6 Å². The van der Waals surface area contributed by atoms with Crippen LogP contribution in [0.5, 0.6) is 5.75 Å². The van der Waals surface area contributed by atoms with Crippen molar-refractivity contribution in [3.63, 3.8) is 0 Å². The minimum absolute atomic E-state index is 0.144. The number of rotatable bonds is 2. The third-order valence-electron chi connectivity index (χ3n) is 4.10. The molecule has 0 bridgehead atoms. The summed E-state index contributed by atoms with van der Waals surface area (Å²) in [7, 11) is 0. The average molecular weight is 267 g/mol. The van der Waals surface area contributed by atoms with Crippen LogP contribution in [0.2, 0.25) is 0 Å². The van der Waals surface area contributed by atoms with Crippen molar-refractivity contribution in [2.24, 2.45) is 5.92 Å². The molecule has 0 aliphatic carbocycles. The van der Waals surface area contributed by atoms with Crippen LogP contribution in [0.25, 0.3) is 0 Å². The van der Waals surface area contributed by atoms with E-state index in [9.17, 15) is 8.78 Å². The molecule has 1 N–H and O–H groups in total. The molecule has 2 aliphatic rings. The van der Waals surface area contributed by atoms with Crippen molar-refractivity contribution in [2.75, 3.05) is 19.7 Å². The highest BCUT2D eigenvalue weighted by Crippen LogP contribution is 2.41. The van der Waals surface area contributed by atoms with E-state index in [1.54, 1.807) is 12.1 Å². The Kier molecular flexibility index (Phi) is 3.44. The number of hydrogen-bond donors (Lipinski definition) is 1. The zero-order valence-corrected chi connectivity index (χ0v) is 10.9. The first-order valence-electron chi connectivity index (χ1n) is 7.02. The maximum absolute atomic E-state index is 14.5. The SMILES string of the molecule is FC(F)(c1ccc2c(c1)CCCO2)C1CCCNC1. The standard InChI is InChI=1S/C15H19F2NO/c16-15(17,13-4-1-7-18-10-13)12-5-6-14-11(9-12)3-2-8-19-14/h5-6,9,13,18H,1-4,7-8,10H2. The van der Waals surface area contributed by atoms with Crippen molar-refractivity contribution < 1.29 is 13.5 Å². The zero-order valence-electron chi connectivity index (χ0n) is 10.9. The van der Waals surface area contributed by atoms with E-state index in [2.05, 4.69) is 5.32 Å². The lowest BCUT2D eigenvalue weighted by molar-refractivity contribution is -0.0725. The van der Waals surface area contributed by atoms with Gasteiger partial charge in [0.05, 0.1) is 6.61 Å². The lowest BCUT2D eigenvalue weighted by atomic mass is 9.87. The molecule has 2 heterocycles. The first-order chi connectivity index (χ1) is 9.18. The molecule has 4 heteroatoms. The van der Waals surface area contributed by atoms with E-state index in [1.807, 2.05) is 0 Å². The fourth-order valence-corrected chi connectivity index (χ4v) is 2.96. The number of piperidine rings is 1. The second-order valence-electron chi connectivity index (χ2n) is 5.44. The predicted octanol–water partition coefficient (Wildman–Crippen LogP) is 3.10. The zero-order chi connectivity index (χ0) is 13.3. The number of benzene rings is 1. The maximum atomic E-state index is 14.5. The monoisotopic (exact) mass is 267 g/mol. The Bertz CT molecular complexity index is 455. The van der Waals surface area contributed by atoms with Crippen molar-refractivity contribution in [1.29, 1.82) is 0 Å². The largest absolute Gasteiger partial charge is 0.493 e. The lowest BCUT2D eigenvalue weighted by Crippen LogP contribution is -2.39. The Labute approximate surface area is 112 Å². The Hall–Kier alpha value is -1.16. The van der Waals surface area contributed by atoms with Gasteiger partial charge in [0.15, 0.2) is 0 Å². The van der Waals surface area contributed by atoms with Crippen LogP contribution in [-0.2, 0) is 12.3 Å². The highest BCUT2D eigenvalue weighted by Gasteiger charge is 2.41. The van der Waals surface area contributed by atoms with E-state index >= 15 is 0 Å². The third-order valence-corrected chi connectivity index (χ3v) is 4.10. The number of nitrogens with one attached hydrogen (secondary N) is 1. The van der Waals surface area contributed by atoms with Crippen molar-refractivity contribution in [3.05, 3.63) is 29.3 Å². The molecule has 2 aliphatic heterocycles. The molecule has 1 aromatic carbocycles. The van der Waals surface area contributed by atoms with Crippen molar-refractivity contribution >= 4 is 0 Å². The minimum atomic E-state index is -2.75. The van der Waals surface area contributed by atoms with Crippen LogP contribution in [-0.4, -0.2) is 19.7 Å². The first-order valence-corrected chi connectivity index (χ1v) is 7.02. The third kappa shape index (κ3) is 2.46. The summed E-state index contributed by atoms with van der Waals surface area (Å²) < 4.78 is 34.5. The fraction of sp³-hybridized carbons (Fsp3) is 0.600. The van der Waals surface area contributed by atoms with Gasteiger partial charge in [0.2, 0.25) is 0 Å². The van der Waals surface area contributed by atoms with E-state index in [-0.39, 0.29) is 5.56 Å². The summed E-state index contributed by atoms with van der Waals surface area (Å²) in [6.45, 7) is 1.94. The molecule has 0 aromatic heterocycles. The molecular formula is C15H19F2NO. The van der Waals surface area contributed by atoms with Gasteiger partial charge in [0.1, 0.15) is 5.75 Å². The van der Waals surface area contributed by atoms with Gasteiger partial charge in [-0.25, -0.2) is 8.78 Å². The molecule has 0 radical (unpaired) electrons. The molecule has 1 atom stereocenters. The summed E-state index contributed by atoms with van der Waals surface area (Å²) >= 11 is 0. The molecule has 104 valence electrons. The second kappa shape index (κ2) is 5.08. The second-order valence-corrected chi connectivity index (χ2v) is 5.44. The Morgan fingerprint density at radius 1 is 1.26 bits per heavy atom. The number of aryl methyl sites for hydroxylation is 1. The van der Waals surface area contributed by atoms with Crippen LogP contribution in [0, 0.1) is 5.92 Å². The lowest BCUT2D eigenvalue weighted by Gasteiger charge is -2.31. The van der Waals surface area contributed by atoms with Crippen LogP contribution in [0.3, 0.4) is 0 Å². The molecular weight excluding hydrogens is 248 g/mol. The predicted molar refractivity (Wildman–Crippen MR) is 69.7 cm³/mol. The van der Waals surface area contributed by atoms with Gasteiger partial charge in [0.25, 0.3) is 5.92 Å². The van der Waals surface area contributed by atoms with E-state index in [4.69, 9.17) is 4.74 Å². The van der Waals surface area contributed by atoms with Crippen LogP contribution in [0.1, 0.15) is 30.4 Å². The quantitative estimate of drug-likeness (QED) is 0.889. The van der Waals surface area contributed by atoms with Gasteiger partial charge < -0.3 is 10.1 Å².